The number of nitrogens with zero attached hydrogens (tertiary/aromatic N) is 4. The second-order valence-electron chi connectivity index (χ2n) is 9.45. The van der Waals surface area contributed by atoms with Crippen LogP contribution in [0.3, 0.4) is 0 Å². The molecule has 0 spiro atoms. The Morgan fingerprint density at radius 2 is 2.03 bits per heavy atom. The molecule has 1 aliphatic carbocycles. The van der Waals surface area contributed by atoms with Crippen molar-refractivity contribution in [1.82, 2.24) is 20.2 Å². The van der Waals surface area contributed by atoms with E-state index in [4.69, 9.17) is 4.74 Å². The van der Waals surface area contributed by atoms with Crippen molar-refractivity contribution >= 4 is 39.0 Å². The largest absolute Gasteiger partial charge is 0.387 e. The van der Waals surface area contributed by atoms with Crippen LogP contribution in [0.1, 0.15) is 60.3 Å². The van der Waals surface area contributed by atoms with E-state index < -0.39 is 6.10 Å². The maximum atomic E-state index is 13.7. The summed E-state index contributed by atoms with van der Waals surface area (Å²) in [6.45, 7) is 7.11. The van der Waals surface area contributed by atoms with Gasteiger partial charge in [-0.1, -0.05) is 6.92 Å². The Balaban J connectivity index is 1.26. The van der Waals surface area contributed by atoms with Crippen LogP contribution in [0.2, 0.25) is 0 Å². The van der Waals surface area contributed by atoms with Crippen LogP contribution in [0.25, 0.3) is 0 Å². The third-order valence-electron chi connectivity index (χ3n) is 7.24. The Morgan fingerprint density at radius 3 is 2.74 bits per heavy atom. The number of hydrogen-bond donors (Lipinski definition) is 2. The highest BCUT2D eigenvalue weighted by atomic mass is 79.9. The lowest BCUT2D eigenvalue weighted by Gasteiger charge is -2.38. The first-order chi connectivity index (χ1) is 16.5. The molecule has 2 aromatic heterocycles. The number of aromatic nitrogens is 2. The number of carbonyl (C=O) groups is 1. The summed E-state index contributed by atoms with van der Waals surface area (Å²) in [7, 11) is 0. The van der Waals surface area contributed by atoms with Crippen molar-refractivity contribution in [2.75, 3.05) is 50.8 Å². The van der Waals surface area contributed by atoms with Gasteiger partial charge in [0.15, 0.2) is 0 Å². The highest BCUT2D eigenvalue weighted by Gasteiger charge is 2.35. The molecule has 184 valence electrons. The fraction of sp³-hybridized carbons (Fsp3) is 0.625. The molecule has 0 bridgehead atoms. The van der Waals surface area contributed by atoms with Crippen molar-refractivity contribution < 1.29 is 14.6 Å². The van der Waals surface area contributed by atoms with Gasteiger partial charge in [0.25, 0.3) is 0 Å². The number of nitrogens with one attached hydrogen (secondary N) is 1. The molecule has 5 rings (SSSR count). The molecule has 0 radical (unpaired) electrons. The third kappa shape index (κ3) is 5.02. The number of anilines is 1. The van der Waals surface area contributed by atoms with Crippen LogP contribution in [0, 0.1) is 0 Å². The average molecular weight is 551 g/mol. The molecule has 2 saturated heterocycles. The van der Waals surface area contributed by atoms with Gasteiger partial charge in [0.1, 0.15) is 12.1 Å². The lowest BCUT2D eigenvalue weighted by atomic mass is 10.0. The van der Waals surface area contributed by atoms with E-state index in [2.05, 4.69) is 49.1 Å². The molecule has 2 N–H and O–H groups in total. The van der Waals surface area contributed by atoms with Crippen molar-refractivity contribution in [3.63, 3.8) is 0 Å². The molecular weight excluding hydrogens is 518 g/mol. The van der Waals surface area contributed by atoms with Gasteiger partial charge in [-0.15, -0.1) is 11.3 Å². The summed E-state index contributed by atoms with van der Waals surface area (Å²) in [4.78, 5) is 27.9. The van der Waals surface area contributed by atoms with Crippen LogP contribution in [-0.4, -0.2) is 77.9 Å². The molecule has 1 amide bonds. The number of rotatable bonds is 6. The summed E-state index contributed by atoms with van der Waals surface area (Å²) < 4.78 is 6.52. The summed E-state index contributed by atoms with van der Waals surface area (Å²) in [5.74, 6) is 1.15. The zero-order chi connectivity index (χ0) is 23.7. The van der Waals surface area contributed by atoms with Gasteiger partial charge in [-0.3, -0.25) is 4.79 Å². The minimum Gasteiger partial charge on any atom is -0.387 e. The van der Waals surface area contributed by atoms with Gasteiger partial charge in [-0.2, -0.15) is 0 Å². The molecule has 2 aromatic rings. The minimum absolute atomic E-state index is 0.185. The number of aliphatic hydroxyl groups excluding tert-OH is 1. The first-order valence-electron chi connectivity index (χ1n) is 12.1. The first-order valence-corrected chi connectivity index (χ1v) is 13.7. The number of halogens is 1. The molecule has 1 unspecified atom stereocenters. The van der Waals surface area contributed by atoms with Gasteiger partial charge in [0.2, 0.25) is 5.91 Å². The topological polar surface area (TPSA) is 90.8 Å². The predicted octanol–water partition coefficient (Wildman–Crippen LogP) is 3.04. The monoisotopic (exact) mass is 549 g/mol. The second-order valence-corrected chi connectivity index (χ2v) is 11.9. The highest BCUT2D eigenvalue weighted by molar-refractivity contribution is 9.11. The lowest BCUT2D eigenvalue weighted by Crippen LogP contribution is -2.51. The smallest absolute Gasteiger partial charge is 0.232 e. The number of carbonyl (C=O) groups excluding carboxylic acids is 1. The van der Waals surface area contributed by atoms with E-state index in [1.54, 1.807) is 17.7 Å². The highest BCUT2D eigenvalue weighted by Crippen LogP contribution is 2.42. The van der Waals surface area contributed by atoms with Crippen LogP contribution in [-0.2, 0) is 9.53 Å². The molecule has 3 atom stereocenters. The normalized spacial score (nSPS) is 24.3. The summed E-state index contributed by atoms with van der Waals surface area (Å²) in [5.41, 5.74) is 1.83. The van der Waals surface area contributed by atoms with E-state index in [0.29, 0.717) is 32.1 Å². The Kier molecular flexibility index (Phi) is 7.50. The molecule has 10 heteroatoms. The predicted molar refractivity (Wildman–Crippen MR) is 135 cm³/mol. The Bertz CT molecular complexity index is 1010. The minimum atomic E-state index is -0.510. The summed E-state index contributed by atoms with van der Waals surface area (Å²) in [6.07, 6.45) is 3.72. The molecule has 0 saturated carbocycles. The van der Waals surface area contributed by atoms with Crippen molar-refractivity contribution in [3.05, 3.63) is 38.4 Å². The molecule has 0 aromatic carbocycles. The quantitative estimate of drug-likeness (QED) is 0.572. The number of piperazine rings is 1. The molecule has 8 nitrogen and oxygen atoms in total. The van der Waals surface area contributed by atoms with Crippen LogP contribution in [0.5, 0.6) is 0 Å². The van der Waals surface area contributed by atoms with Crippen molar-refractivity contribution in [3.8, 4) is 0 Å². The number of fused-ring (bicyclic) bond motifs is 1. The van der Waals surface area contributed by atoms with E-state index in [0.717, 1.165) is 64.9 Å². The average Bonchev–Trinajstić information content (AvgIpc) is 3.42. The number of thiophene rings is 1. The van der Waals surface area contributed by atoms with Crippen molar-refractivity contribution in [2.24, 2.45) is 0 Å². The van der Waals surface area contributed by atoms with E-state index in [-0.39, 0.29) is 17.7 Å². The maximum Gasteiger partial charge on any atom is 0.232 e. The van der Waals surface area contributed by atoms with E-state index >= 15 is 0 Å². The lowest BCUT2D eigenvalue weighted by molar-refractivity contribution is -0.133. The SMILES string of the molecule is CC1C[C@H](O)c2ncnc(N3CCN(C(=O)[C@H](CNC4CCOCC4)c4ccc(Br)s4)CC3)c21. The van der Waals surface area contributed by atoms with Crippen LogP contribution in [0.15, 0.2) is 22.2 Å². The van der Waals surface area contributed by atoms with E-state index in [1.165, 1.54) is 0 Å². The van der Waals surface area contributed by atoms with Crippen LogP contribution in [0.4, 0.5) is 5.82 Å². The van der Waals surface area contributed by atoms with E-state index in [1.807, 2.05) is 11.0 Å². The van der Waals surface area contributed by atoms with Crippen molar-refractivity contribution in [2.45, 2.75) is 50.2 Å². The number of hydrogen-bond acceptors (Lipinski definition) is 8. The first kappa shape index (κ1) is 24.1. The fourth-order valence-electron chi connectivity index (χ4n) is 5.32. The van der Waals surface area contributed by atoms with Gasteiger partial charge in [-0.25, -0.2) is 9.97 Å². The number of ether oxygens (including phenoxy) is 1. The van der Waals surface area contributed by atoms with E-state index in [9.17, 15) is 9.90 Å². The van der Waals surface area contributed by atoms with Crippen LogP contribution < -0.4 is 10.2 Å². The Hall–Kier alpha value is -1.59. The molecule has 3 aliphatic rings. The fourth-order valence-corrected chi connectivity index (χ4v) is 6.84. The molecule has 34 heavy (non-hydrogen) atoms. The molecular formula is C24H32BrN5O3S. The van der Waals surface area contributed by atoms with Gasteiger partial charge in [0, 0.05) is 62.4 Å². The zero-order valence-electron chi connectivity index (χ0n) is 19.5. The molecule has 2 fully saturated rings. The third-order valence-corrected chi connectivity index (χ3v) is 8.97. The number of aliphatic hydroxyl groups is 1. The van der Waals surface area contributed by atoms with Crippen molar-refractivity contribution in [1.29, 1.82) is 0 Å². The van der Waals surface area contributed by atoms with Gasteiger partial charge >= 0.3 is 0 Å². The van der Waals surface area contributed by atoms with Gasteiger partial charge in [0.05, 0.1) is 21.5 Å². The summed E-state index contributed by atoms with van der Waals surface area (Å²) >= 11 is 5.20. The van der Waals surface area contributed by atoms with Gasteiger partial charge < -0.3 is 25.0 Å². The zero-order valence-corrected chi connectivity index (χ0v) is 21.9. The Morgan fingerprint density at radius 1 is 1.26 bits per heavy atom. The Labute approximate surface area is 212 Å². The summed E-state index contributed by atoms with van der Waals surface area (Å²) in [5, 5.41) is 14.0. The standard InChI is InChI=1S/C24H32BrN5O3S/c1-15-12-18(31)22-21(15)23(28-14-27-22)29-6-8-30(9-7-29)24(32)17(19-2-3-20(25)34-19)13-26-16-4-10-33-11-5-16/h2-3,14-18,26,31H,4-13H2,1H3/t15?,17-,18+/m1/s1. The molecule has 2 aliphatic heterocycles. The van der Waals surface area contributed by atoms with Crippen LogP contribution >= 0.6 is 27.3 Å². The van der Waals surface area contributed by atoms with Gasteiger partial charge in [-0.05, 0) is 53.2 Å². The maximum absolute atomic E-state index is 13.7. The number of amides is 1. The molecule has 4 heterocycles. The second kappa shape index (κ2) is 10.6. The summed E-state index contributed by atoms with van der Waals surface area (Å²) in [6, 6.07) is 4.50.